The van der Waals surface area contributed by atoms with Crippen LogP contribution < -0.4 is 5.32 Å². The van der Waals surface area contributed by atoms with Gasteiger partial charge in [0, 0.05) is 12.6 Å². The monoisotopic (exact) mass is 287 g/mol. The van der Waals surface area contributed by atoms with Crippen LogP contribution in [0.4, 0.5) is 5.69 Å². The number of para-hydroxylation sites is 1. The highest BCUT2D eigenvalue weighted by Gasteiger charge is 2.39. The Balaban J connectivity index is 1.80. The predicted octanol–water partition coefficient (Wildman–Crippen LogP) is 1.92. The third kappa shape index (κ3) is 2.67. The molecule has 2 heterocycles. The molecule has 2 saturated heterocycles. The SMILES string of the molecule is O=C1NC(/C=C/c2ccccc2[N+](=O)[O-])N2CCCCC12. The summed E-state index contributed by atoms with van der Waals surface area (Å²) in [6.07, 6.45) is 6.45. The van der Waals surface area contributed by atoms with Crippen LogP contribution in [0.2, 0.25) is 0 Å². The van der Waals surface area contributed by atoms with E-state index in [9.17, 15) is 14.9 Å². The third-order valence-corrected chi connectivity index (χ3v) is 4.09. The Kier molecular flexibility index (Phi) is 3.70. The lowest BCUT2D eigenvalue weighted by Crippen LogP contribution is -2.41. The van der Waals surface area contributed by atoms with E-state index in [0.29, 0.717) is 5.56 Å². The molecule has 3 rings (SSSR count). The number of benzene rings is 1. The molecule has 1 N–H and O–H groups in total. The minimum absolute atomic E-state index is 0.0424. The van der Waals surface area contributed by atoms with Crippen molar-refractivity contribution in [3.05, 3.63) is 46.0 Å². The minimum atomic E-state index is -0.392. The first-order valence-corrected chi connectivity index (χ1v) is 7.14. The lowest BCUT2D eigenvalue weighted by molar-refractivity contribution is -0.385. The van der Waals surface area contributed by atoms with Gasteiger partial charge in [-0.3, -0.25) is 19.8 Å². The molecule has 21 heavy (non-hydrogen) atoms. The van der Waals surface area contributed by atoms with Crippen LogP contribution in [0.1, 0.15) is 24.8 Å². The summed E-state index contributed by atoms with van der Waals surface area (Å²) >= 11 is 0. The van der Waals surface area contributed by atoms with Crippen molar-refractivity contribution in [1.82, 2.24) is 10.2 Å². The number of hydrogen-bond acceptors (Lipinski definition) is 4. The Morgan fingerprint density at radius 1 is 1.33 bits per heavy atom. The smallest absolute Gasteiger partial charge is 0.276 e. The molecule has 2 fully saturated rings. The maximum atomic E-state index is 11.9. The molecule has 1 aromatic carbocycles. The summed E-state index contributed by atoms with van der Waals surface area (Å²) in [5.41, 5.74) is 0.630. The van der Waals surface area contributed by atoms with Crippen LogP contribution in [-0.4, -0.2) is 34.5 Å². The van der Waals surface area contributed by atoms with Crippen molar-refractivity contribution in [2.75, 3.05) is 6.54 Å². The van der Waals surface area contributed by atoms with E-state index < -0.39 is 4.92 Å². The number of nitro groups is 1. The number of piperidine rings is 1. The Hall–Kier alpha value is -2.21. The Bertz CT molecular complexity index is 600. The summed E-state index contributed by atoms with van der Waals surface area (Å²) in [6, 6.07) is 6.56. The molecule has 0 aromatic heterocycles. The minimum Gasteiger partial charge on any atom is -0.336 e. The fraction of sp³-hybridized carbons (Fsp3) is 0.400. The van der Waals surface area contributed by atoms with Crippen molar-refractivity contribution in [1.29, 1.82) is 0 Å². The van der Waals surface area contributed by atoms with E-state index in [1.54, 1.807) is 24.3 Å². The first-order chi connectivity index (χ1) is 10.2. The van der Waals surface area contributed by atoms with Crippen LogP contribution in [0.3, 0.4) is 0 Å². The average Bonchev–Trinajstić information content (AvgIpc) is 2.82. The predicted molar refractivity (Wildman–Crippen MR) is 78.4 cm³/mol. The number of nitrogens with zero attached hydrogens (tertiary/aromatic N) is 2. The lowest BCUT2D eigenvalue weighted by Gasteiger charge is -2.29. The summed E-state index contributed by atoms with van der Waals surface area (Å²) in [6.45, 7) is 0.884. The Labute approximate surface area is 122 Å². The number of hydrogen-bond donors (Lipinski definition) is 1. The zero-order valence-corrected chi connectivity index (χ0v) is 11.6. The van der Waals surface area contributed by atoms with Crippen molar-refractivity contribution in [3.8, 4) is 0 Å². The van der Waals surface area contributed by atoms with E-state index in [1.165, 1.54) is 6.07 Å². The average molecular weight is 287 g/mol. The van der Waals surface area contributed by atoms with Gasteiger partial charge in [0.15, 0.2) is 0 Å². The van der Waals surface area contributed by atoms with Gasteiger partial charge >= 0.3 is 0 Å². The number of rotatable bonds is 3. The molecular weight excluding hydrogens is 270 g/mol. The zero-order chi connectivity index (χ0) is 14.8. The number of amides is 1. The Morgan fingerprint density at radius 2 is 2.14 bits per heavy atom. The van der Waals surface area contributed by atoms with Crippen LogP contribution in [0.15, 0.2) is 30.3 Å². The summed E-state index contributed by atoms with van der Waals surface area (Å²) in [5.74, 6) is 0.0620. The molecule has 1 amide bonds. The normalized spacial score (nSPS) is 25.8. The first kappa shape index (κ1) is 13.8. The van der Waals surface area contributed by atoms with Gasteiger partial charge in [0.2, 0.25) is 5.91 Å². The van der Waals surface area contributed by atoms with E-state index in [-0.39, 0.29) is 23.8 Å². The van der Waals surface area contributed by atoms with E-state index in [0.717, 1.165) is 25.8 Å². The molecule has 0 aliphatic carbocycles. The number of carbonyl (C=O) groups is 1. The molecule has 2 atom stereocenters. The topological polar surface area (TPSA) is 75.5 Å². The van der Waals surface area contributed by atoms with Crippen LogP contribution in [0.25, 0.3) is 6.08 Å². The van der Waals surface area contributed by atoms with Crippen LogP contribution >= 0.6 is 0 Å². The van der Waals surface area contributed by atoms with Gasteiger partial charge in [-0.2, -0.15) is 0 Å². The lowest BCUT2D eigenvalue weighted by atomic mass is 10.0. The van der Waals surface area contributed by atoms with Gasteiger partial charge in [0.1, 0.15) is 6.17 Å². The fourth-order valence-corrected chi connectivity index (χ4v) is 3.04. The molecule has 0 spiro atoms. The second-order valence-corrected chi connectivity index (χ2v) is 5.38. The maximum absolute atomic E-state index is 11.9. The molecule has 2 aliphatic heterocycles. The molecule has 2 unspecified atom stereocenters. The number of nitro benzene ring substituents is 1. The zero-order valence-electron chi connectivity index (χ0n) is 11.6. The van der Waals surface area contributed by atoms with Gasteiger partial charge in [0.05, 0.1) is 16.5 Å². The maximum Gasteiger partial charge on any atom is 0.276 e. The van der Waals surface area contributed by atoms with Crippen molar-refractivity contribution in [3.63, 3.8) is 0 Å². The van der Waals surface area contributed by atoms with Crippen molar-refractivity contribution >= 4 is 17.7 Å². The highest BCUT2D eigenvalue weighted by molar-refractivity contribution is 5.84. The van der Waals surface area contributed by atoms with Gasteiger partial charge in [-0.25, -0.2) is 0 Å². The highest BCUT2D eigenvalue weighted by Crippen LogP contribution is 2.25. The quantitative estimate of drug-likeness (QED) is 0.680. The van der Waals surface area contributed by atoms with Crippen LogP contribution in [0, 0.1) is 10.1 Å². The van der Waals surface area contributed by atoms with E-state index >= 15 is 0 Å². The summed E-state index contributed by atoms with van der Waals surface area (Å²) < 4.78 is 0. The molecule has 1 aromatic rings. The van der Waals surface area contributed by atoms with E-state index in [2.05, 4.69) is 10.2 Å². The Morgan fingerprint density at radius 3 is 2.95 bits per heavy atom. The highest BCUT2D eigenvalue weighted by atomic mass is 16.6. The third-order valence-electron chi connectivity index (χ3n) is 4.09. The second-order valence-electron chi connectivity index (χ2n) is 5.38. The number of nitrogens with one attached hydrogen (secondary N) is 1. The van der Waals surface area contributed by atoms with Gasteiger partial charge in [0.25, 0.3) is 5.69 Å². The summed E-state index contributed by atoms with van der Waals surface area (Å²) in [4.78, 5) is 24.6. The van der Waals surface area contributed by atoms with Crippen LogP contribution in [0.5, 0.6) is 0 Å². The number of carbonyl (C=O) groups excluding carboxylic acids is 1. The van der Waals surface area contributed by atoms with Gasteiger partial charge < -0.3 is 5.32 Å². The molecule has 110 valence electrons. The van der Waals surface area contributed by atoms with Crippen molar-refractivity contribution in [2.24, 2.45) is 0 Å². The molecule has 0 saturated carbocycles. The van der Waals surface area contributed by atoms with Gasteiger partial charge in [-0.15, -0.1) is 0 Å². The second kappa shape index (κ2) is 5.65. The van der Waals surface area contributed by atoms with Crippen LogP contribution in [-0.2, 0) is 4.79 Å². The summed E-state index contributed by atoms with van der Waals surface area (Å²) in [7, 11) is 0. The van der Waals surface area contributed by atoms with Gasteiger partial charge in [-0.1, -0.05) is 18.6 Å². The molecule has 6 heteroatoms. The standard InChI is InChI=1S/C15H17N3O3/c19-15-13-7-3-4-10-17(13)14(16-15)9-8-11-5-1-2-6-12(11)18(20)21/h1-2,5-6,8-9,13-14H,3-4,7,10H2,(H,16,19)/b9-8+. The largest absolute Gasteiger partial charge is 0.336 e. The van der Waals surface area contributed by atoms with Gasteiger partial charge in [-0.05, 0) is 31.1 Å². The fourth-order valence-electron chi connectivity index (χ4n) is 3.04. The van der Waals surface area contributed by atoms with E-state index in [4.69, 9.17) is 0 Å². The molecule has 0 radical (unpaired) electrons. The van der Waals surface area contributed by atoms with Crippen molar-refractivity contribution in [2.45, 2.75) is 31.5 Å². The summed E-state index contributed by atoms with van der Waals surface area (Å²) in [5, 5.41) is 13.9. The molecule has 6 nitrogen and oxygen atoms in total. The molecular formula is C15H17N3O3. The van der Waals surface area contributed by atoms with E-state index in [1.807, 2.05) is 6.08 Å². The molecule has 2 aliphatic rings. The van der Waals surface area contributed by atoms with Crippen molar-refractivity contribution < 1.29 is 9.72 Å². The molecule has 0 bridgehead atoms. The number of fused-ring (bicyclic) bond motifs is 1. The first-order valence-electron chi connectivity index (χ1n) is 7.14.